The molecule has 0 aliphatic carbocycles. The quantitative estimate of drug-likeness (QED) is 0.206. The van der Waals surface area contributed by atoms with Gasteiger partial charge in [0.05, 0.1) is 34.9 Å². The van der Waals surface area contributed by atoms with Gasteiger partial charge in [-0.3, -0.25) is 0 Å². The first-order valence-electron chi connectivity index (χ1n) is 15.6. The molecule has 6 rings (SSSR count). The minimum absolute atomic E-state index is 0. The maximum Gasteiger partial charge on any atom is 2.00 e. The summed E-state index contributed by atoms with van der Waals surface area (Å²) in [6.45, 7) is 23.3. The van der Waals surface area contributed by atoms with Crippen LogP contribution in [0.4, 0.5) is 0 Å². The van der Waals surface area contributed by atoms with Crippen molar-refractivity contribution < 1.29 is 26.6 Å². The summed E-state index contributed by atoms with van der Waals surface area (Å²) in [6.07, 6.45) is 0.604. The van der Waals surface area contributed by atoms with Crippen LogP contribution in [0.5, 0.6) is 0 Å². The van der Waals surface area contributed by atoms with E-state index in [2.05, 4.69) is 78.5 Å². The van der Waals surface area contributed by atoms with Crippen LogP contribution in [0, 0.1) is 20.8 Å². The van der Waals surface area contributed by atoms with Crippen molar-refractivity contribution in [2.75, 3.05) is 6.61 Å². The van der Waals surface area contributed by atoms with E-state index >= 15 is 0 Å². The van der Waals surface area contributed by atoms with Crippen LogP contribution in [0.15, 0.2) is 49.0 Å². The topological polar surface area (TPSA) is 80.3 Å². The van der Waals surface area contributed by atoms with E-state index < -0.39 is 11.4 Å². The van der Waals surface area contributed by atoms with Gasteiger partial charge in [-0.2, -0.15) is 0 Å². The summed E-state index contributed by atoms with van der Waals surface area (Å²) in [6, 6.07) is 14.6. The molecule has 0 spiro atoms. The van der Waals surface area contributed by atoms with Crippen molar-refractivity contribution >= 4 is 44.9 Å². The number of fused-ring (bicyclic) bond motifs is 8. The molecule has 0 saturated heterocycles. The van der Waals surface area contributed by atoms with Crippen molar-refractivity contribution in [3.05, 3.63) is 111 Å². The van der Waals surface area contributed by atoms with E-state index in [9.17, 15) is 4.79 Å². The molecule has 0 saturated carbocycles. The van der Waals surface area contributed by atoms with Gasteiger partial charge >= 0.3 is 23.0 Å². The number of nitrogens with zero attached hydrogens (tertiary/aromatic N) is 4. The van der Waals surface area contributed by atoms with Gasteiger partial charge in [0, 0.05) is 5.41 Å². The largest absolute Gasteiger partial charge is 2.00 e. The number of carbonyl (C=O) groups excluding carboxylic acids is 1. The molecule has 1 aromatic carbocycles. The molecule has 46 heavy (non-hydrogen) atoms. The SMILES string of the molecule is C=C1c2cc3nc(cc4[n-]c(cc5nc(c(C(=O)OCC)c([n-]2)C1(C)Cc1ccc(C)cc1)C(C)=C5C)c(C)c4C)C(C)=C3C.[Cu+2]. The second kappa shape index (κ2) is 12.2. The summed E-state index contributed by atoms with van der Waals surface area (Å²) < 4.78 is 5.72. The van der Waals surface area contributed by atoms with Gasteiger partial charge in [-0.25, -0.2) is 14.8 Å². The molecule has 8 bridgehead atoms. The number of carbonyl (C=O) groups is 1. The third kappa shape index (κ3) is 5.36. The van der Waals surface area contributed by atoms with Crippen LogP contribution >= 0.6 is 0 Å². The maximum absolute atomic E-state index is 14.0. The van der Waals surface area contributed by atoms with E-state index in [0.29, 0.717) is 29.1 Å². The van der Waals surface area contributed by atoms with E-state index in [1.54, 1.807) is 0 Å². The fourth-order valence-electron chi connectivity index (χ4n) is 6.36. The van der Waals surface area contributed by atoms with Gasteiger partial charge in [-0.1, -0.05) is 78.2 Å². The second-order valence-electron chi connectivity index (χ2n) is 12.7. The molecule has 0 fully saturated rings. The van der Waals surface area contributed by atoms with E-state index in [0.717, 1.165) is 72.7 Å². The Bertz CT molecular complexity index is 2060. The van der Waals surface area contributed by atoms with Crippen LogP contribution in [0.25, 0.3) is 38.9 Å². The molecule has 239 valence electrons. The molecular weight excluding hydrogens is 620 g/mol. The first-order chi connectivity index (χ1) is 21.3. The fraction of sp³-hybridized carbons (Fsp3) is 0.308. The van der Waals surface area contributed by atoms with E-state index in [1.807, 2.05) is 32.9 Å². The molecule has 3 aliphatic heterocycles. The zero-order valence-corrected chi connectivity index (χ0v) is 29.0. The number of aromatic nitrogens is 4. The molecule has 3 aromatic rings. The second-order valence-corrected chi connectivity index (χ2v) is 12.7. The van der Waals surface area contributed by atoms with Gasteiger partial charge < -0.3 is 14.7 Å². The fourth-order valence-corrected chi connectivity index (χ4v) is 6.36. The van der Waals surface area contributed by atoms with Crippen LogP contribution in [0.3, 0.4) is 0 Å². The maximum atomic E-state index is 14.0. The summed E-state index contributed by atoms with van der Waals surface area (Å²) in [7, 11) is 0. The zero-order valence-electron chi connectivity index (χ0n) is 28.1. The Labute approximate surface area is 282 Å². The molecule has 1 radical (unpaired) electrons. The third-order valence-corrected chi connectivity index (χ3v) is 9.86. The Kier molecular flexibility index (Phi) is 8.80. The molecule has 5 heterocycles. The molecule has 1 atom stereocenters. The predicted octanol–water partition coefficient (Wildman–Crippen LogP) is 8.51. The Morgan fingerprint density at radius 2 is 1.35 bits per heavy atom. The van der Waals surface area contributed by atoms with Crippen molar-refractivity contribution in [1.82, 2.24) is 19.9 Å². The van der Waals surface area contributed by atoms with Crippen LogP contribution in [0.2, 0.25) is 0 Å². The average molecular weight is 660 g/mol. The van der Waals surface area contributed by atoms with E-state index in [1.165, 1.54) is 5.56 Å². The van der Waals surface area contributed by atoms with Gasteiger partial charge in [-0.05, 0) is 89.7 Å². The van der Waals surface area contributed by atoms with Crippen LogP contribution < -0.4 is 9.97 Å². The predicted molar refractivity (Wildman–Crippen MR) is 183 cm³/mol. The van der Waals surface area contributed by atoms with Crippen LogP contribution in [-0.4, -0.2) is 22.5 Å². The van der Waals surface area contributed by atoms with Gasteiger partial charge in [0.2, 0.25) is 0 Å². The van der Waals surface area contributed by atoms with Crippen molar-refractivity contribution in [1.29, 1.82) is 0 Å². The van der Waals surface area contributed by atoms with Crippen molar-refractivity contribution in [2.45, 2.75) is 74.1 Å². The van der Waals surface area contributed by atoms with Crippen LogP contribution in [-0.2, 0) is 33.6 Å². The summed E-state index contributed by atoms with van der Waals surface area (Å²) in [4.78, 5) is 34.4. The Balaban J connectivity index is 0.00000417. The minimum Gasteiger partial charge on any atom is -0.660 e. The summed E-state index contributed by atoms with van der Waals surface area (Å²) in [5.41, 5.74) is 15.2. The number of allylic oxidation sites excluding steroid dienone is 5. The smallest absolute Gasteiger partial charge is 0.660 e. The average Bonchev–Trinajstić information content (AvgIpc) is 3.61. The molecule has 3 aliphatic rings. The number of rotatable bonds is 4. The molecular formula is C39H40CuN4O2. The Hall–Kier alpha value is -4.19. The number of ether oxygens (including phenoxy) is 1. The normalized spacial score (nSPS) is 16.8. The molecule has 1 unspecified atom stereocenters. The van der Waals surface area contributed by atoms with Crippen molar-refractivity contribution in [3.63, 3.8) is 0 Å². The van der Waals surface area contributed by atoms with Gasteiger partial charge in [-0.15, -0.1) is 22.4 Å². The van der Waals surface area contributed by atoms with Gasteiger partial charge in [0.25, 0.3) is 0 Å². The number of hydrogen-bond acceptors (Lipinski definition) is 4. The molecule has 0 amide bonds. The minimum atomic E-state index is -0.708. The first-order valence-corrected chi connectivity index (χ1v) is 15.6. The first kappa shape index (κ1) is 33.2. The monoisotopic (exact) mass is 659 g/mol. The van der Waals surface area contributed by atoms with Gasteiger partial charge in [0.15, 0.2) is 0 Å². The third-order valence-electron chi connectivity index (χ3n) is 9.86. The molecule has 0 N–H and O–H groups in total. The summed E-state index contributed by atoms with van der Waals surface area (Å²) >= 11 is 0. The molecule has 6 nitrogen and oxygen atoms in total. The summed E-state index contributed by atoms with van der Waals surface area (Å²) in [5, 5.41) is 0. The van der Waals surface area contributed by atoms with Crippen LogP contribution in [0.1, 0.15) is 108 Å². The molecule has 7 heteroatoms. The summed E-state index contributed by atoms with van der Waals surface area (Å²) in [5.74, 6) is -0.440. The number of aryl methyl sites for hydroxylation is 3. The van der Waals surface area contributed by atoms with E-state index in [-0.39, 0.29) is 23.7 Å². The molecule has 2 aromatic heterocycles. The zero-order chi connectivity index (χ0) is 32.4. The number of esters is 1. The Morgan fingerprint density at radius 1 is 0.804 bits per heavy atom. The Morgan fingerprint density at radius 3 is 1.93 bits per heavy atom. The van der Waals surface area contributed by atoms with Gasteiger partial charge in [0.1, 0.15) is 0 Å². The number of hydrogen-bond donors (Lipinski definition) is 0. The number of benzene rings is 1. The van der Waals surface area contributed by atoms with Crippen molar-refractivity contribution in [3.8, 4) is 0 Å². The standard InChI is InChI=1S/C39H41N4O2.Cu/c1-11-45-38(44)35-36-26(8)25(7)33(42-36)17-31-22(4)21(3)29(40-31)16-30-23(5)24(6)32(41-30)18-34-27(9)39(10,37(35)43-34)19-28-14-12-20(2)13-15-28;/h12-18H,9,11,19H2,1-8,10H3,(H-,40,41,42,43,44);/q-1;+2/p-1. The van der Waals surface area contributed by atoms with E-state index in [4.69, 9.17) is 24.7 Å². The van der Waals surface area contributed by atoms with Crippen molar-refractivity contribution in [2.24, 2.45) is 0 Å².